The summed E-state index contributed by atoms with van der Waals surface area (Å²) in [5.41, 5.74) is 5.05. The molecule has 0 aliphatic heterocycles. The van der Waals surface area contributed by atoms with Gasteiger partial charge >= 0.3 is 0 Å². The number of halogens is 1. The molecule has 1 heterocycles. The van der Waals surface area contributed by atoms with Crippen molar-refractivity contribution >= 4 is 0 Å². The van der Waals surface area contributed by atoms with Gasteiger partial charge in [-0.15, -0.1) is 0 Å². The van der Waals surface area contributed by atoms with E-state index >= 15 is 0 Å². The first kappa shape index (κ1) is 14.8. The van der Waals surface area contributed by atoms with Crippen LogP contribution in [-0.4, -0.2) is 4.57 Å². The predicted octanol–water partition coefficient (Wildman–Crippen LogP) is 0.281. The zero-order chi connectivity index (χ0) is 13.2. The van der Waals surface area contributed by atoms with E-state index in [-0.39, 0.29) is 24.0 Å². The summed E-state index contributed by atoms with van der Waals surface area (Å²) in [6, 6.07) is 17.0. The number of aromatic nitrogens is 2. The average molecular weight is 376 g/mol. The standard InChI is InChI=1S/C17H17N2.HI/c1-14-7-3-4-8-15(14)16-9-5-6-10-17(16)19-12-11-18(2)13-19;/h3-13H,1-2H3;1H/q+1;/p-1. The largest absolute Gasteiger partial charge is 1.00 e. The summed E-state index contributed by atoms with van der Waals surface area (Å²) in [5, 5.41) is 0. The van der Waals surface area contributed by atoms with Crippen LogP contribution in [0.15, 0.2) is 67.3 Å². The molecule has 0 saturated heterocycles. The topological polar surface area (TPSA) is 8.81 Å². The molecule has 0 spiro atoms. The first-order valence-electron chi connectivity index (χ1n) is 6.44. The molecule has 0 saturated carbocycles. The van der Waals surface area contributed by atoms with Crippen molar-refractivity contribution in [2.75, 3.05) is 0 Å². The second-order valence-electron chi connectivity index (χ2n) is 4.82. The third kappa shape index (κ3) is 2.77. The first-order valence-corrected chi connectivity index (χ1v) is 6.44. The Morgan fingerprint density at radius 2 is 1.55 bits per heavy atom. The molecule has 2 nitrogen and oxygen atoms in total. The minimum Gasteiger partial charge on any atom is -1.00 e. The number of hydrogen-bond donors (Lipinski definition) is 0. The van der Waals surface area contributed by atoms with Crippen LogP contribution in [0.5, 0.6) is 0 Å². The maximum atomic E-state index is 2.18. The molecule has 2 aromatic carbocycles. The molecular formula is C17H17IN2. The van der Waals surface area contributed by atoms with Crippen molar-refractivity contribution in [3.05, 3.63) is 72.8 Å². The molecule has 0 atom stereocenters. The first-order chi connectivity index (χ1) is 9.25. The van der Waals surface area contributed by atoms with Crippen molar-refractivity contribution in [2.45, 2.75) is 6.92 Å². The Hall–Kier alpha value is -1.62. The molecule has 3 heteroatoms. The Bertz CT molecular complexity index is 716. The molecule has 0 N–H and O–H groups in total. The van der Waals surface area contributed by atoms with E-state index in [0.29, 0.717) is 0 Å². The van der Waals surface area contributed by atoms with Crippen LogP contribution in [0.2, 0.25) is 0 Å². The molecule has 0 aliphatic rings. The molecule has 0 amide bonds. The molecule has 0 aliphatic carbocycles. The van der Waals surface area contributed by atoms with Crippen LogP contribution in [0, 0.1) is 6.92 Å². The maximum absolute atomic E-state index is 2.18. The van der Waals surface area contributed by atoms with E-state index < -0.39 is 0 Å². The van der Waals surface area contributed by atoms with E-state index in [9.17, 15) is 0 Å². The second-order valence-corrected chi connectivity index (χ2v) is 4.82. The smallest absolute Gasteiger partial charge is 0.248 e. The lowest BCUT2D eigenvalue weighted by Crippen LogP contribution is -3.00. The fourth-order valence-electron chi connectivity index (χ4n) is 2.39. The van der Waals surface area contributed by atoms with Gasteiger partial charge in [0.15, 0.2) is 0 Å². The third-order valence-corrected chi connectivity index (χ3v) is 3.39. The van der Waals surface area contributed by atoms with Gasteiger partial charge in [0.05, 0.1) is 7.05 Å². The highest BCUT2D eigenvalue weighted by atomic mass is 127. The Balaban J connectivity index is 0.00000147. The van der Waals surface area contributed by atoms with Crippen LogP contribution in [-0.2, 0) is 7.05 Å². The summed E-state index contributed by atoms with van der Waals surface area (Å²) in [6.45, 7) is 2.15. The number of rotatable bonds is 2. The highest BCUT2D eigenvalue weighted by molar-refractivity contribution is 5.75. The Morgan fingerprint density at radius 1 is 0.900 bits per heavy atom. The SMILES string of the molecule is Cc1ccccc1-c1ccccc1-n1cc[n+](C)c1.[I-]. The van der Waals surface area contributed by atoms with Crippen molar-refractivity contribution in [1.29, 1.82) is 0 Å². The lowest BCUT2D eigenvalue weighted by atomic mass is 9.99. The molecule has 102 valence electrons. The maximum Gasteiger partial charge on any atom is 0.248 e. The van der Waals surface area contributed by atoms with Crippen LogP contribution in [0.25, 0.3) is 16.8 Å². The van der Waals surface area contributed by atoms with Crippen molar-refractivity contribution in [1.82, 2.24) is 4.57 Å². The van der Waals surface area contributed by atoms with Crippen molar-refractivity contribution in [2.24, 2.45) is 7.05 Å². The lowest BCUT2D eigenvalue weighted by Gasteiger charge is -2.08. The Morgan fingerprint density at radius 3 is 2.20 bits per heavy atom. The van der Waals surface area contributed by atoms with Gasteiger partial charge in [0, 0.05) is 5.56 Å². The van der Waals surface area contributed by atoms with Crippen LogP contribution in [0.3, 0.4) is 0 Å². The molecular weight excluding hydrogens is 359 g/mol. The Kier molecular flexibility index (Phi) is 4.60. The fraction of sp³-hybridized carbons (Fsp3) is 0.118. The number of imidazole rings is 1. The van der Waals surface area contributed by atoms with Crippen LogP contribution >= 0.6 is 0 Å². The van der Waals surface area contributed by atoms with Gasteiger partial charge in [-0.1, -0.05) is 42.5 Å². The van der Waals surface area contributed by atoms with E-state index in [1.54, 1.807) is 0 Å². The normalized spacial score (nSPS) is 10.1. The summed E-state index contributed by atoms with van der Waals surface area (Å²) >= 11 is 0. The Labute approximate surface area is 136 Å². The van der Waals surface area contributed by atoms with Gasteiger partial charge in [0.25, 0.3) is 0 Å². The molecule has 0 unspecified atom stereocenters. The minimum atomic E-state index is 0. The highest BCUT2D eigenvalue weighted by Crippen LogP contribution is 2.28. The molecule has 3 rings (SSSR count). The molecule has 0 fully saturated rings. The number of nitrogens with zero attached hydrogens (tertiary/aromatic N) is 2. The molecule has 20 heavy (non-hydrogen) atoms. The van der Waals surface area contributed by atoms with E-state index in [2.05, 4.69) is 83.3 Å². The van der Waals surface area contributed by atoms with Crippen LogP contribution in [0.4, 0.5) is 0 Å². The van der Waals surface area contributed by atoms with E-state index in [1.165, 1.54) is 22.4 Å². The second kappa shape index (κ2) is 6.22. The van der Waals surface area contributed by atoms with E-state index in [1.807, 2.05) is 7.05 Å². The number of aryl methyl sites for hydroxylation is 2. The molecule has 1 aromatic heterocycles. The quantitative estimate of drug-likeness (QED) is 0.449. The van der Waals surface area contributed by atoms with Gasteiger partial charge in [0.1, 0.15) is 18.1 Å². The minimum absolute atomic E-state index is 0. The van der Waals surface area contributed by atoms with Crippen molar-refractivity contribution in [3.63, 3.8) is 0 Å². The van der Waals surface area contributed by atoms with Gasteiger partial charge in [-0.2, -0.15) is 0 Å². The van der Waals surface area contributed by atoms with Gasteiger partial charge in [-0.3, -0.25) is 0 Å². The zero-order valence-electron chi connectivity index (χ0n) is 11.6. The van der Waals surface area contributed by atoms with Gasteiger partial charge < -0.3 is 24.0 Å². The summed E-state index contributed by atoms with van der Waals surface area (Å²) in [6.07, 6.45) is 6.21. The average Bonchev–Trinajstić information content (AvgIpc) is 2.86. The third-order valence-electron chi connectivity index (χ3n) is 3.39. The number of hydrogen-bond acceptors (Lipinski definition) is 0. The predicted molar refractivity (Wildman–Crippen MR) is 77.1 cm³/mol. The van der Waals surface area contributed by atoms with Gasteiger partial charge in [-0.05, 0) is 24.1 Å². The van der Waals surface area contributed by atoms with Crippen molar-refractivity contribution < 1.29 is 28.5 Å². The van der Waals surface area contributed by atoms with E-state index in [4.69, 9.17) is 0 Å². The summed E-state index contributed by atoms with van der Waals surface area (Å²) in [5.74, 6) is 0. The highest BCUT2D eigenvalue weighted by Gasteiger charge is 2.12. The number of para-hydroxylation sites is 1. The van der Waals surface area contributed by atoms with Gasteiger partial charge in [0.2, 0.25) is 6.33 Å². The zero-order valence-corrected chi connectivity index (χ0v) is 13.8. The van der Waals surface area contributed by atoms with E-state index in [0.717, 1.165) is 0 Å². The van der Waals surface area contributed by atoms with Gasteiger partial charge in [-0.25, -0.2) is 9.13 Å². The molecule has 3 aromatic rings. The fourth-order valence-corrected chi connectivity index (χ4v) is 2.39. The lowest BCUT2D eigenvalue weighted by molar-refractivity contribution is -0.670. The van der Waals surface area contributed by atoms with Crippen LogP contribution < -0.4 is 28.5 Å². The molecule has 0 radical (unpaired) electrons. The summed E-state index contributed by atoms with van der Waals surface area (Å²) < 4.78 is 4.20. The monoisotopic (exact) mass is 376 g/mol. The summed E-state index contributed by atoms with van der Waals surface area (Å²) in [4.78, 5) is 0. The van der Waals surface area contributed by atoms with Crippen LogP contribution in [0.1, 0.15) is 5.56 Å². The van der Waals surface area contributed by atoms with Crippen molar-refractivity contribution in [3.8, 4) is 16.8 Å². The number of benzene rings is 2. The summed E-state index contributed by atoms with van der Waals surface area (Å²) in [7, 11) is 2.03. The molecule has 0 bridgehead atoms.